The van der Waals surface area contributed by atoms with Crippen molar-refractivity contribution in [3.8, 4) is 0 Å². The highest BCUT2D eigenvalue weighted by atomic mass is 16.1. The molecule has 0 aromatic heterocycles. The summed E-state index contributed by atoms with van der Waals surface area (Å²) in [7, 11) is 0. The maximum atomic E-state index is 10.5. The average molecular weight is 126 g/mol. The van der Waals surface area contributed by atoms with Crippen LogP contribution in [0, 0.1) is 0 Å². The van der Waals surface area contributed by atoms with Gasteiger partial charge in [0.25, 0.3) is 0 Å². The molecule has 1 N–H and O–H groups in total. The van der Waals surface area contributed by atoms with Gasteiger partial charge < -0.3 is 0 Å². The molecule has 9 heavy (non-hydrogen) atoms. The fourth-order valence-electron chi connectivity index (χ4n) is 0.432. The molecule has 3 heteroatoms. The molecule has 50 valence electrons. The van der Waals surface area contributed by atoms with Crippen LogP contribution < -0.4 is 5.43 Å². The number of carbonyl (C=O) groups excluding carboxylic acids is 1. The predicted molar refractivity (Wildman–Crippen MR) is 37.1 cm³/mol. The van der Waals surface area contributed by atoms with Crippen LogP contribution in [0.2, 0.25) is 0 Å². The molecule has 0 aliphatic heterocycles. The number of rotatable bonds is 3. The number of ketones is 1. The molecule has 0 spiro atoms. The second-order valence-corrected chi connectivity index (χ2v) is 1.53. The zero-order valence-corrected chi connectivity index (χ0v) is 5.64. The molecule has 0 aliphatic rings. The normalized spacial score (nSPS) is 10.7. The van der Waals surface area contributed by atoms with Gasteiger partial charge >= 0.3 is 0 Å². The zero-order chi connectivity index (χ0) is 7.28. The summed E-state index contributed by atoms with van der Waals surface area (Å²) in [5.74, 6) is -0.0371. The molecule has 0 fully saturated rings. The maximum Gasteiger partial charge on any atom is 0.177 e. The van der Waals surface area contributed by atoms with Crippen LogP contribution in [0.3, 0.4) is 0 Å². The summed E-state index contributed by atoms with van der Waals surface area (Å²) in [5.41, 5.74) is 2.93. The molecule has 0 saturated heterocycles. The highest BCUT2D eigenvalue weighted by molar-refractivity contribution is 5.92. The molecule has 0 unspecified atom stereocenters. The van der Waals surface area contributed by atoms with E-state index in [-0.39, 0.29) is 5.78 Å². The van der Waals surface area contributed by atoms with E-state index in [1.165, 1.54) is 6.92 Å². The highest BCUT2D eigenvalue weighted by Crippen LogP contribution is 1.88. The summed E-state index contributed by atoms with van der Waals surface area (Å²) in [5, 5.41) is 3.34. The Balaban J connectivity index is 4.00. The molecule has 3 nitrogen and oxygen atoms in total. The van der Waals surface area contributed by atoms with Crippen LogP contribution in [0.4, 0.5) is 0 Å². The van der Waals surface area contributed by atoms with Crippen molar-refractivity contribution in [2.24, 2.45) is 5.10 Å². The minimum absolute atomic E-state index is 0.0371. The van der Waals surface area contributed by atoms with Crippen molar-refractivity contribution in [2.45, 2.75) is 13.8 Å². The van der Waals surface area contributed by atoms with Crippen LogP contribution in [0.15, 0.2) is 16.9 Å². The third-order valence-corrected chi connectivity index (χ3v) is 0.867. The standard InChI is InChI=1S/C6H10N2O/c1-4-6(5(2)9)8-7-3/h4,8H,3H2,1-2H3/b6-4-. The van der Waals surface area contributed by atoms with Crippen LogP contribution >= 0.6 is 0 Å². The number of nitrogens with zero attached hydrogens (tertiary/aromatic N) is 1. The number of Topliss-reactive ketones (excluding diaryl/α,β-unsaturated/α-hetero) is 1. The van der Waals surface area contributed by atoms with Crippen molar-refractivity contribution in [1.29, 1.82) is 0 Å². The Labute approximate surface area is 54.5 Å². The Morgan fingerprint density at radius 1 is 1.78 bits per heavy atom. The molecule has 0 heterocycles. The van der Waals surface area contributed by atoms with Crippen molar-refractivity contribution >= 4 is 12.5 Å². The first kappa shape index (κ1) is 7.88. The van der Waals surface area contributed by atoms with E-state index in [2.05, 4.69) is 17.2 Å². The molecule has 0 amide bonds. The summed E-state index contributed by atoms with van der Waals surface area (Å²) in [6.45, 7) is 6.40. The molecule has 0 bridgehead atoms. The second-order valence-electron chi connectivity index (χ2n) is 1.53. The van der Waals surface area contributed by atoms with Gasteiger partial charge in [-0.15, -0.1) is 0 Å². The summed E-state index contributed by atoms with van der Waals surface area (Å²) < 4.78 is 0. The maximum absolute atomic E-state index is 10.5. The van der Waals surface area contributed by atoms with E-state index in [1.807, 2.05) is 0 Å². The molecular weight excluding hydrogens is 116 g/mol. The Hall–Kier alpha value is -1.12. The predicted octanol–water partition coefficient (Wildman–Crippen LogP) is 0.684. The van der Waals surface area contributed by atoms with Gasteiger partial charge in [-0.2, -0.15) is 5.10 Å². The third-order valence-electron chi connectivity index (χ3n) is 0.867. The van der Waals surface area contributed by atoms with Gasteiger partial charge in [0.05, 0.1) is 5.70 Å². The summed E-state index contributed by atoms with van der Waals surface area (Å²) >= 11 is 0. The van der Waals surface area contributed by atoms with E-state index in [4.69, 9.17) is 0 Å². The third kappa shape index (κ3) is 2.64. The number of carbonyl (C=O) groups is 1. The smallest absolute Gasteiger partial charge is 0.177 e. The SMILES string of the molecule is C=NN/C(=C\C)C(C)=O. The van der Waals surface area contributed by atoms with Crippen molar-refractivity contribution in [3.05, 3.63) is 11.8 Å². The summed E-state index contributed by atoms with van der Waals surface area (Å²) in [6, 6.07) is 0. The number of nitrogens with one attached hydrogen (secondary N) is 1. The minimum Gasteiger partial charge on any atom is -0.293 e. The lowest BCUT2D eigenvalue weighted by molar-refractivity contribution is -0.113. The number of hydrazone groups is 1. The van der Waals surface area contributed by atoms with Crippen molar-refractivity contribution in [1.82, 2.24) is 5.43 Å². The van der Waals surface area contributed by atoms with E-state index < -0.39 is 0 Å². The topological polar surface area (TPSA) is 41.5 Å². The van der Waals surface area contributed by atoms with Gasteiger partial charge in [0.2, 0.25) is 0 Å². The van der Waals surface area contributed by atoms with Crippen molar-refractivity contribution < 1.29 is 4.79 Å². The number of hydrogen-bond acceptors (Lipinski definition) is 3. The van der Waals surface area contributed by atoms with Crippen molar-refractivity contribution in [3.63, 3.8) is 0 Å². The van der Waals surface area contributed by atoms with Crippen molar-refractivity contribution in [2.75, 3.05) is 0 Å². The first-order valence-electron chi connectivity index (χ1n) is 2.61. The minimum atomic E-state index is -0.0371. The van der Waals surface area contributed by atoms with Gasteiger partial charge in [-0.1, -0.05) is 6.08 Å². The quantitative estimate of drug-likeness (QED) is 0.343. The van der Waals surface area contributed by atoms with E-state index in [1.54, 1.807) is 13.0 Å². The molecule has 0 saturated carbocycles. The van der Waals surface area contributed by atoms with Crippen LogP contribution in [-0.4, -0.2) is 12.5 Å². The first-order chi connectivity index (χ1) is 4.22. The van der Waals surface area contributed by atoms with Gasteiger partial charge in [-0.05, 0) is 6.92 Å². The molecule has 0 rings (SSSR count). The number of hydrogen-bond donors (Lipinski definition) is 1. The largest absolute Gasteiger partial charge is 0.293 e. The average Bonchev–Trinajstić information content (AvgIpc) is 1.82. The van der Waals surface area contributed by atoms with Gasteiger partial charge in [0.15, 0.2) is 5.78 Å². The number of allylic oxidation sites excluding steroid dienone is 2. The van der Waals surface area contributed by atoms with Gasteiger partial charge in [0.1, 0.15) is 0 Å². The molecule has 0 radical (unpaired) electrons. The fraction of sp³-hybridized carbons (Fsp3) is 0.333. The molecule has 0 aromatic carbocycles. The molecule has 0 atom stereocenters. The van der Waals surface area contributed by atoms with Crippen LogP contribution in [0.5, 0.6) is 0 Å². The fourth-order valence-corrected chi connectivity index (χ4v) is 0.432. The molecule has 0 aliphatic carbocycles. The van der Waals surface area contributed by atoms with Gasteiger partial charge in [0, 0.05) is 13.6 Å². The molecular formula is C6H10N2O. The Morgan fingerprint density at radius 3 is 2.44 bits per heavy atom. The van der Waals surface area contributed by atoms with Gasteiger partial charge in [-0.3, -0.25) is 10.2 Å². The second kappa shape index (κ2) is 3.83. The lowest BCUT2D eigenvalue weighted by Gasteiger charge is -1.97. The zero-order valence-electron chi connectivity index (χ0n) is 5.64. The highest BCUT2D eigenvalue weighted by Gasteiger charge is 1.96. The van der Waals surface area contributed by atoms with E-state index in [9.17, 15) is 4.79 Å². The monoisotopic (exact) mass is 126 g/mol. The Bertz CT molecular complexity index is 149. The lowest BCUT2D eigenvalue weighted by atomic mass is 10.3. The van der Waals surface area contributed by atoms with E-state index in [0.29, 0.717) is 5.70 Å². The Morgan fingerprint density at radius 2 is 2.33 bits per heavy atom. The Kier molecular flexibility index (Phi) is 3.35. The summed E-state index contributed by atoms with van der Waals surface area (Å²) in [4.78, 5) is 10.5. The first-order valence-corrected chi connectivity index (χ1v) is 2.61. The van der Waals surface area contributed by atoms with Crippen LogP contribution in [-0.2, 0) is 4.79 Å². The van der Waals surface area contributed by atoms with Crippen LogP contribution in [0.25, 0.3) is 0 Å². The van der Waals surface area contributed by atoms with Gasteiger partial charge in [-0.25, -0.2) is 0 Å². The van der Waals surface area contributed by atoms with Crippen LogP contribution in [0.1, 0.15) is 13.8 Å². The lowest BCUT2D eigenvalue weighted by Crippen LogP contribution is -2.11. The van der Waals surface area contributed by atoms with E-state index >= 15 is 0 Å². The summed E-state index contributed by atoms with van der Waals surface area (Å²) in [6.07, 6.45) is 1.65. The van der Waals surface area contributed by atoms with E-state index in [0.717, 1.165) is 0 Å². The molecule has 0 aromatic rings.